The summed E-state index contributed by atoms with van der Waals surface area (Å²) in [5.74, 6) is -3.06. The molecular formula is C56H74N8O8S2. The third kappa shape index (κ3) is 19.8. The van der Waals surface area contributed by atoms with Gasteiger partial charge in [-0.25, -0.2) is 0 Å². The van der Waals surface area contributed by atoms with Crippen LogP contribution in [-0.4, -0.2) is 102 Å². The van der Waals surface area contributed by atoms with Gasteiger partial charge in [0.05, 0.1) is 13.0 Å². The van der Waals surface area contributed by atoms with Gasteiger partial charge in [0, 0.05) is 54.4 Å². The number of nitrogens with one attached hydrogen (secondary N) is 6. The summed E-state index contributed by atoms with van der Waals surface area (Å²) in [6, 6.07) is 29.9. The number of thioether (sulfide) groups is 2. The van der Waals surface area contributed by atoms with Crippen LogP contribution in [-0.2, 0) is 57.9 Å². The molecule has 16 nitrogen and oxygen atoms in total. The third-order valence-electron chi connectivity index (χ3n) is 12.6. The molecule has 1 aliphatic rings. The number of hydrogen-bond donors (Lipinski definition) is 8. The lowest BCUT2D eigenvalue weighted by Gasteiger charge is -2.37. The molecule has 398 valence electrons. The van der Waals surface area contributed by atoms with Crippen LogP contribution >= 0.6 is 23.5 Å². The number of benzene rings is 4. The van der Waals surface area contributed by atoms with Crippen LogP contribution < -0.4 is 48.1 Å². The number of carbonyl (C=O) groups is 7. The van der Waals surface area contributed by atoms with E-state index >= 15 is 0 Å². The van der Waals surface area contributed by atoms with Gasteiger partial charge in [-0.15, -0.1) is 11.8 Å². The fourth-order valence-electron chi connectivity index (χ4n) is 8.69. The number of nitrogens with two attached hydrogens (primary N) is 2. The Hall–Kier alpha value is -6.37. The monoisotopic (exact) mass is 1050 g/mol. The molecule has 4 aromatic rings. The molecule has 0 aromatic heterocycles. The summed E-state index contributed by atoms with van der Waals surface area (Å²) in [5, 5.41) is 16.8. The fourth-order valence-corrected chi connectivity index (χ4v) is 11.2. The Labute approximate surface area is 444 Å². The molecule has 1 saturated carbocycles. The van der Waals surface area contributed by atoms with E-state index < -0.39 is 78.0 Å². The topological polar surface area (TPSA) is 253 Å². The lowest BCUT2D eigenvalue weighted by molar-refractivity contribution is -0.136. The first-order valence-corrected chi connectivity index (χ1v) is 27.6. The summed E-state index contributed by atoms with van der Waals surface area (Å²) in [6.45, 7) is 6.07. The first-order valence-electron chi connectivity index (χ1n) is 25.5. The minimum atomic E-state index is -1.52. The first-order chi connectivity index (χ1) is 35.7. The van der Waals surface area contributed by atoms with E-state index in [1.807, 2.05) is 85.8 Å². The predicted octanol–water partition coefficient (Wildman–Crippen LogP) is 4.86. The second-order valence-corrected chi connectivity index (χ2v) is 21.4. The van der Waals surface area contributed by atoms with Gasteiger partial charge in [-0.1, -0.05) is 136 Å². The average molecular weight is 1050 g/mol. The van der Waals surface area contributed by atoms with Gasteiger partial charge in [-0.05, 0) is 60.1 Å². The molecule has 4 aromatic carbocycles. The summed E-state index contributed by atoms with van der Waals surface area (Å²) >= 11 is 3.19. The van der Waals surface area contributed by atoms with Gasteiger partial charge in [-0.2, -0.15) is 11.8 Å². The number of hydrogen-bond acceptors (Lipinski definition) is 11. The largest absolute Gasteiger partial charge is 0.494 e. The molecular weight excluding hydrogens is 977 g/mol. The first kappa shape index (κ1) is 58.5. The second-order valence-electron chi connectivity index (χ2n) is 19.0. The molecule has 1 fully saturated rings. The van der Waals surface area contributed by atoms with Crippen molar-refractivity contribution >= 4 is 64.9 Å². The molecule has 7 amide bonds. The normalized spacial score (nSPS) is 15.0. The van der Waals surface area contributed by atoms with E-state index in [4.69, 9.17) is 16.2 Å². The van der Waals surface area contributed by atoms with E-state index in [1.54, 1.807) is 49.9 Å². The van der Waals surface area contributed by atoms with Crippen LogP contribution in [0.1, 0.15) is 88.0 Å². The molecule has 0 unspecified atom stereocenters. The van der Waals surface area contributed by atoms with Gasteiger partial charge in [0.2, 0.25) is 41.4 Å². The standard InChI is InChI=1S/C56H74N8O8S2/c1-4-72-43-25-23-40(24-26-43)32-44(60-49(66)34-56(27-15-8-16-28-56)74-36-42-21-13-7-14-22-42)52(68)61-45(31-39-17-9-5-10-18-39)54(70)64-50(38(2)3)55(71)62-46(33-48(58)65)53(69)63-47(51(67)59-30-29-57)37-73-35-41-19-11-6-12-20-41/h5-7,9-14,17-26,38,44-47,50H,4,8,15-16,27-37,57H2,1-3H3,(H2,58,65)(H,59,67)(H,60,66)(H,61,68)(H,62,71)(H,63,69)(H,64,70)/t44-,45+,46+,47+,50+/m1/s1. The van der Waals surface area contributed by atoms with Crippen LogP contribution in [0.25, 0.3) is 0 Å². The van der Waals surface area contributed by atoms with Gasteiger partial charge >= 0.3 is 0 Å². The average Bonchev–Trinajstić information content (AvgIpc) is 3.39. The van der Waals surface area contributed by atoms with Crippen LogP contribution in [0.15, 0.2) is 115 Å². The van der Waals surface area contributed by atoms with Crippen LogP contribution in [0.2, 0.25) is 0 Å². The lowest BCUT2D eigenvalue weighted by atomic mass is 9.85. The lowest BCUT2D eigenvalue weighted by Crippen LogP contribution is -2.61. The van der Waals surface area contributed by atoms with Crippen molar-refractivity contribution in [1.29, 1.82) is 0 Å². The van der Waals surface area contributed by atoms with Crippen molar-refractivity contribution in [3.8, 4) is 5.75 Å². The number of ether oxygens (including phenoxy) is 1. The van der Waals surface area contributed by atoms with Crippen molar-refractivity contribution in [3.05, 3.63) is 138 Å². The SMILES string of the molecule is CCOc1ccc(C[C@@H](NC(=O)CC2(SCc3ccccc3)CCCCC2)C(=O)N[C@@H](Cc2ccccc2)C(=O)N[C@H](C(=O)N[C@@H](CC(N)=O)C(=O)N[C@@H](CSCc2ccccc2)C(=O)NCCN)C(C)C)cc1. The van der Waals surface area contributed by atoms with Crippen LogP contribution in [0.3, 0.4) is 0 Å². The van der Waals surface area contributed by atoms with E-state index in [0.29, 0.717) is 23.7 Å². The highest BCUT2D eigenvalue weighted by atomic mass is 32.2. The van der Waals surface area contributed by atoms with Crippen molar-refractivity contribution in [3.63, 3.8) is 0 Å². The number of primary amides is 1. The predicted molar refractivity (Wildman–Crippen MR) is 293 cm³/mol. The second kappa shape index (κ2) is 30.7. The Kier molecular flexibility index (Phi) is 24.3. The van der Waals surface area contributed by atoms with Gasteiger partial charge in [0.1, 0.15) is 36.0 Å². The maximum absolute atomic E-state index is 14.7. The molecule has 0 spiro atoms. The molecule has 0 bridgehead atoms. The van der Waals surface area contributed by atoms with Crippen LogP contribution in [0, 0.1) is 5.92 Å². The third-order valence-corrected chi connectivity index (χ3v) is 15.4. The quantitative estimate of drug-likeness (QED) is 0.0350. The van der Waals surface area contributed by atoms with E-state index in [1.165, 1.54) is 17.3 Å². The summed E-state index contributed by atoms with van der Waals surface area (Å²) in [4.78, 5) is 97.3. The van der Waals surface area contributed by atoms with Crippen molar-refractivity contribution < 1.29 is 38.3 Å². The Bertz CT molecular complexity index is 2410. The zero-order valence-corrected chi connectivity index (χ0v) is 44.4. The zero-order chi connectivity index (χ0) is 53.3. The Morgan fingerprint density at radius 2 is 1.11 bits per heavy atom. The van der Waals surface area contributed by atoms with E-state index in [-0.39, 0.29) is 48.8 Å². The maximum Gasteiger partial charge on any atom is 0.243 e. The van der Waals surface area contributed by atoms with Gasteiger partial charge in [-0.3, -0.25) is 33.6 Å². The van der Waals surface area contributed by atoms with Crippen molar-refractivity contribution in [2.45, 2.75) is 125 Å². The fraction of sp³-hybridized carbons (Fsp3) is 0.446. The Morgan fingerprint density at radius 1 is 0.595 bits per heavy atom. The zero-order valence-electron chi connectivity index (χ0n) is 42.8. The van der Waals surface area contributed by atoms with E-state index in [0.717, 1.165) is 49.0 Å². The van der Waals surface area contributed by atoms with Crippen molar-refractivity contribution in [2.24, 2.45) is 17.4 Å². The minimum absolute atomic E-state index is 0.0242. The minimum Gasteiger partial charge on any atom is -0.494 e. The Morgan fingerprint density at radius 3 is 1.68 bits per heavy atom. The Balaban J connectivity index is 1.35. The molecule has 74 heavy (non-hydrogen) atoms. The van der Waals surface area contributed by atoms with E-state index in [2.05, 4.69) is 44.0 Å². The van der Waals surface area contributed by atoms with Crippen molar-refractivity contribution in [1.82, 2.24) is 31.9 Å². The molecule has 5 rings (SSSR count). The molecule has 0 radical (unpaired) electrons. The summed E-state index contributed by atoms with van der Waals surface area (Å²) < 4.78 is 5.34. The number of amides is 7. The molecule has 1 aliphatic carbocycles. The van der Waals surface area contributed by atoms with Gasteiger partial charge in [0.15, 0.2) is 0 Å². The maximum atomic E-state index is 14.7. The summed E-state index contributed by atoms with van der Waals surface area (Å²) in [7, 11) is 0. The van der Waals surface area contributed by atoms with Gasteiger partial charge < -0.3 is 48.1 Å². The highest BCUT2D eigenvalue weighted by Gasteiger charge is 2.38. The van der Waals surface area contributed by atoms with Crippen LogP contribution in [0.4, 0.5) is 0 Å². The number of rotatable bonds is 30. The molecule has 5 atom stereocenters. The highest BCUT2D eigenvalue weighted by Crippen LogP contribution is 2.44. The van der Waals surface area contributed by atoms with Crippen LogP contribution in [0.5, 0.6) is 5.75 Å². The molecule has 0 aliphatic heterocycles. The smallest absolute Gasteiger partial charge is 0.243 e. The van der Waals surface area contributed by atoms with E-state index in [9.17, 15) is 33.6 Å². The molecule has 0 saturated heterocycles. The molecule has 10 N–H and O–H groups in total. The van der Waals surface area contributed by atoms with Crippen molar-refractivity contribution in [2.75, 3.05) is 25.4 Å². The van der Waals surface area contributed by atoms with Gasteiger partial charge in [0.25, 0.3) is 0 Å². The summed E-state index contributed by atoms with van der Waals surface area (Å²) in [6.07, 6.45) is 4.56. The highest BCUT2D eigenvalue weighted by molar-refractivity contribution is 8.00. The summed E-state index contributed by atoms with van der Waals surface area (Å²) in [5.41, 5.74) is 14.9. The molecule has 18 heteroatoms. The number of carbonyl (C=O) groups excluding carboxylic acids is 7. The molecule has 0 heterocycles.